The number of rotatable bonds is 5. The molecule has 0 aliphatic rings. The quantitative estimate of drug-likeness (QED) is 0.872. The van der Waals surface area contributed by atoms with Crippen LogP contribution in [0.3, 0.4) is 0 Å². The Hall–Kier alpha value is -2.10. The molecule has 0 atom stereocenters. The lowest BCUT2D eigenvalue weighted by atomic mass is 10.1. The van der Waals surface area contributed by atoms with Crippen molar-refractivity contribution in [1.29, 1.82) is 0 Å². The largest absolute Gasteiger partial charge is 0.356 e. The van der Waals surface area contributed by atoms with Crippen LogP contribution < -0.4 is 5.32 Å². The highest BCUT2D eigenvalue weighted by atomic mass is 16.1. The van der Waals surface area contributed by atoms with Gasteiger partial charge in [-0.05, 0) is 30.2 Å². The van der Waals surface area contributed by atoms with E-state index in [0.717, 1.165) is 12.1 Å². The molecule has 0 aliphatic carbocycles. The molecule has 0 fully saturated rings. The lowest BCUT2D eigenvalue weighted by molar-refractivity contribution is -0.120. The normalized spacial score (nSPS) is 10.3. The maximum absolute atomic E-state index is 11.1. The topological polar surface area (TPSA) is 46.9 Å². The van der Waals surface area contributed by atoms with Crippen LogP contribution >= 0.6 is 0 Å². The summed E-state index contributed by atoms with van der Waals surface area (Å²) in [7, 11) is 0. The molecule has 0 bridgehead atoms. The van der Waals surface area contributed by atoms with Crippen LogP contribution in [0.1, 0.15) is 18.9 Å². The number of hydrogen-bond donors (Lipinski definition) is 1. The van der Waals surface area contributed by atoms with Crippen LogP contribution in [0.25, 0.3) is 5.69 Å². The van der Waals surface area contributed by atoms with Gasteiger partial charge in [0.15, 0.2) is 0 Å². The van der Waals surface area contributed by atoms with Gasteiger partial charge in [0.1, 0.15) is 0 Å². The van der Waals surface area contributed by atoms with Gasteiger partial charge < -0.3 is 5.32 Å². The predicted octanol–water partition coefficient (Wildman–Crippen LogP) is 1.94. The van der Waals surface area contributed by atoms with Gasteiger partial charge in [0.05, 0.1) is 5.69 Å². The van der Waals surface area contributed by atoms with E-state index in [1.165, 1.54) is 5.56 Å². The second-order valence-corrected chi connectivity index (χ2v) is 4.07. The van der Waals surface area contributed by atoms with Gasteiger partial charge >= 0.3 is 0 Å². The molecule has 1 aromatic carbocycles. The van der Waals surface area contributed by atoms with E-state index in [1.54, 1.807) is 6.20 Å². The van der Waals surface area contributed by atoms with Crippen molar-refractivity contribution >= 4 is 5.91 Å². The van der Waals surface area contributed by atoms with Gasteiger partial charge in [-0.1, -0.05) is 19.1 Å². The standard InChI is InChI=1S/C14H17N3O/c1-2-14(18)15-10-8-12-4-6-13(7-5-12)17-11-3-9-16-17/h3-7,9,11H,2,8,10H2,1H3,(H,15,18). The van der Waals surface area contributed by atoms with Crippen molar-refractivity contribution in [2.45, 2.75) is 19.8 Å². The molecule has 0 radical (unpaired) electrons. The fourth-order valence-electron chi connectivity index (χ4n) is 1.71. The first-order chi connectivity index (χ1) is 8.79. The van der Waals surface area contributed by atoms with Crippen LogP contribution in [0.2, 0.25) is 0 Å². The van der Waals surface area contributed by atoms with E-state index in [0.29, 0.717) is 13.0 Å². The molecule has 2 rings (SSSR count). The molecule has 4 nitrogen and oxygen atoms in total. The van der Waals surface area contributed by atoms with E-state index < -0.39 is 0 Å². The van der Waals surface area contributed by atoms with E-state index in [9.17, 15) is 4.79 Å². The zero-order valence-corrected chi connectivity index (χ0v) is 10.5. The molecule has 1 heterocycles. The van der Waals surface area contributed by atoms with Crippen molar-refractivity contribution < 1.29 is 4.79 Å². The van der Waals surface area contributed by atoms with Gasteiger partial charge in [0.2, 0.25) is 5.91 Å². The third kappa shape index (κ3) is 3.20. The SMILES string of the molecule is CCC(=O)NCCc1ccc(-n2cccn2)cc1. The number of nitrogens with one attached hydrogen (secondary N) is 1. The van der Waals surface area contributed by atoms with E-state index in [4.69, 9.17) is 0 Å². The minimum atomic E-state index is 0.100. The van der Waals surface area contributed by atoms with Crippen molar-refractivity contribution in [2.75, 3.05) is 6.54 Å². The molecule has 1 aromatic heterocycles. The first kappa shape index (κ1) is 12.4. The summed E-state index contributed by atoms with van der Waals surface area (Å²) in [5.74, 6) is 0.100. The Kier molecular flexibility index (Phi) is 4.12. The number of aromatic nitrogens is 2. The molecule has 4 heteroatoms. The highest BCUT2D eigenvalue weighted by Gasteiger charge is 1.99. The van der Waals surface area contributed by atoms with Gasteiger partial charge in [0.25, 0.3) is 0 Å². The lowest BCUT2D eigenvalue weighted by Crippen LogP contribution is -2.24. The van der Waals surface area contributed by atoms with Crippen molar-refractivity contribution in [3.63, 3.8) is 0 Å². The van der Waals surface area contributed by atoms with Crippen molar-refractivity contribution in [3.05, 3.63) is 48.3 Å². The zero-order chi connectivity index (χ0) is 12.8. The second-order valence-electron chi connectivity index (χ2n) is 4.07. The van der Waals surface area contributed by atoms with Gasteiger partial charge in [-0.15, -0.1) is 0 Å². The molecule has 94 valence electrons. The first-order valence-corrected chi connectivity index (χ1v) is 6.15. The third-order valence-electron chi connectivity index (χ3n) is 2.76. The minimum absolute atomic E-state index is 0.100. The number of benzene rings is 1. The van der Waals surface area contributed by atoms with Crippen LogP contribution in [0.5, 0.6) is 0 Å². The molecule has 1 N–H and O–H groups in total. The molecular formula is C14H17N3O. The highest BCUT2D eigenvalue weighted by molar-refractivity contribution is 5.75. The second kappa shape index (κ2) is 6.00. The minimum Gasteiger partial charge on any atom is -0.356 e. The summed E-state index contributed by atoms with van der Waals surface area (Å²) in [5.41, 5.74) is 2.25. The van der Waals surface area contributed by atoms with Crippen LogP contribution in [0.4, 0.5) is 0 Å². The molecule has 2 aromatic rings. The zero-order valence-electron chi connectivity index (χ0n) is 10.5. The molecule has 0 unspecified atom stereocenters. The Morgan fingerprint density at radius 2 is 2.11 bits per heavy atom. The van der Waals surface area contributed by atoms with E-state index >= 15 is 0 Å². The van der Waals surface area contributed by atoms with Crippen molar-refractivity contribution in [2.24, 2.45) is 0 Å². The van der Waals surface area contributed by atoms with Crippen LogP contribution in [-0.4, -0.2) is 22.2 Å². The fourth-order valence-corrected chi connectivity index (χ4v) is 1.71. The molecule has 0 saturated carbocycles. The van der Waals surface area contributed by atoms with Gasteiger partial charge in [-0.2, -0.15) is 5.10 Å². The van der Waals surface area contributed by atoms with Gasteiger partial charge in [-0.3, -0.25) is 4.79 Å². The van der Waals surface area contributed by atoms with Gasteiger partial charge in [-0.25, -0.2) is 4.68 Å². The summed E-state index contributed by atoms with van der Waals surface area (Å²) in [6.45, 7) is 2.54. The number of amides is 1. The number of hydrogen-bond acceptors (Lipinski definition) is 2. The molecule has 0 spiro atoms. The number of carbonyl (C=O) groups is 1. The Bertz CT molecular complexity index is 488. The summed E-state index contributed by atoms with van der Waals surface area (Å²) < 4.78 is 1.82. The maximum Gasteiger partial charge on any atom is 0.219 e. The average molecular weight is 243 g/mol. The number of nitrogens with zero attached hydrogens (tertiary/aromatic N) is 2. The Balaban J connectivity index is 1.90. The summed E-state index contributed by atoms with van der Waals surface area (Å²) in [6, 6.07) is 10.1. The summed E-state index contributed by atoms with van der Waals surface area (Å²) in [6.07, 6.45) is 5.06. The monoisotopic (exact) mass is 243 g/mol. The summed E-state index contributed by atoms with van der Waals surface area (Å²) in [5, 5.41) is 7.04. The Labute approximate surface area is 107 Å². The van der Waals surface area contributed by atoms with Crippen molar-refractivity contribution in [1.82, 2.24) is 15.1 Å². The van der Waals surface area contributed by atoms with Crippen LogP contribution in [0.15, 0.2) is 42.7 Å². The summed E-state index contributed by atoms with van der Waals surface area (Å²) >= 11 is 0. The first-order valence-electron chi connectivity index (χ1n) is 6.15. The summed E-state index contributed by atoms with van der Waals surface area (Å²) in [4.78, 5) is 11.1. The number of carbonyl (C=O) groups excluding carboxylic acids is 1. The third-order valence-corrected chi connectivity index (χ3v) is 2.76. The van der Waals surface area contributed by atoms with E-state index in [-0.39, 0.29) is 5.91 Å². The van der Waals surface area contributed by atoms with Crippen LogP contribution in [-0.2, 0) is 11.2 Å². The maximum atomic E-state index is 11.1. The predicted molar refractivity (Wildman–Crippen MR) is 70.6 cm³/mol. The lowest BCUT2D eigenvalue weighted by Gasteiger charge is -2.05. The smallest absolute Gasteiger partial charge is 0.219 e. The van der Waals surface area contributed by atoms with Crippen LogP contribution in [0, 0.1) is 0 Å². The molecule has 18 heavy (non-hydrogen) atoms. The molecule has 0 saturated heterocycles. The van der Waals surface area contributed by atoms with E-state index in [2.05, 4.69) is 22.5 Å². The van der Waals surface area contributed by atoms with E-state index in [1.807, 2.05) is 36.0 Å². The molecule has 0 aliphatic heterocycles. The highest BCUT2D eigenvalue weighted by Crippen LogP contribution is 2.08. The fraction of sp³-hybridized carbons (Fsp3) is 0.286. The molecule has 1 amide bonds. The average Bonchev–Trinajstić information content (AvgIpc) is 2.93. The Morgan fingerprint density at radius 3 is 2.72 bits per heavy atom. The van der Waals surface area contributed by atoms with Gasteiger partial charge in [0, 0.05) is 25.4 Å². The van der Waals surface area contributed by atoms with Crippen molar-refractivity contribution in [3.8, 4) is 5.69 Å². The molecular weight excluding hydrogens is 226 g/mol. The Morgan fingerprint density at radius 1 is 1.33 bits per heavy atom.